The Balaban J connectivity index is 1.39. The average molecular weight is 673 g/mol. The van der Waals surface area contributed by atoms with Gasteiger partial charge in [-0.2, -0.15) is 0 Å². The minimum Gasteiger partial charge on any atom is -0.310 e. The van der Waals surface area contributed by atoms with Gasteiger partial charge in [0.15, 0.2) is 7.14 Å². The van der Waals surface area contributed by atoms with Gasteiger partial charge in [-0.05, 0) is 53.2 Å². The van der Waals surface area contributed by atoms with Crippen LogP contribution < -0.4 is 20.8 Å². The van der Waals surface area contributed by atoms with Crippen molar-refractivity contribution in [1.82, 2.24) is 4.98 Å². The summed E-state index contributed by atoms with van der Waals surface area (Å²) in [5.74, 6) is 0. The maximum Gasteiger partial charge on any atom is 0.171 e. The lowest BCUT2D eigenvalue weighted by Gasteiger charge is -2.26. The first kappa shape index (κ1) is 30.8. The molecule has 0 aliphatic heterocycles. The normalized spacial score (nSPS) is 11.6. The molecule has 0 bridgehead atoms. The molecule has 1 heterocycles. The highest BCUT2D eigenvalue weighted by molar-refractivity contribution is 7.85. The molecule has 0 saturated carbocycles. The Labute approximate surface area is 297 Å². The minimum absolute atomic E-state index is 0.808. The first-order valence-electron chi connectivity index (χ1n) is 17.2. The molecule has 0 spiro atoms. The molecular weight excluding hydrogens is 640 g/mol. The zero-order chi connectivity index (χ0) is 34.2. The molecule has 0 aliphatic rings. The molecule has 1 aromatic heterocycles. The maximum atomic E-state index is 16.0. The Hall–Kier alpha value is -6.28. The third-order valence-corrected chi connectivity index (χ3v) is 12.8. The highest BCUT2D eigenvalue weighted by Crippen LogP contribution is 2.48. The van der Waals surface area contributed by atoms with E-state index in [2.05, 4.69) is 126 Å². The van der Waals surface area contributed by atoms with E-state index in [0.717, 1.165) is 76.7 Å². The van der Waals surface area contributed by atoms with E-state index in [4.69, 9.17) is 4.98 Å². The molecule has 4 heteroatoms. The molecule has 242 valence electrons. The number of benzene rings is 8. The number of hydrogen-bond acceptors (Lipinski definition) is 3. The van der Waals surface area contributed by atoms with Gasteiger partial charge in [-0.15, -0.1) is 0 Å². The predicted octanol–water partition coefficient (Wildman–Crippen LogP) is 11.3. The van der Waals surface area contributed by atoms with Crippen molar-refractivity contribution >= 4 is 72.6 Å². The highest BCUT2D eigenvalue weighted by Gasteiger charge is 2.32. The van der Waals surface area contributed by atoms with Crippen LogP contribution in [0, 0.1) is 0 Å². The molecule has 0 saturated heterocycles. The second kappa shape index (κ2) is 12.9. The van der Waals surface area contributed by atoms with Crippen LogP contribution in [0.25, 0.3) is 43.7 Å². The highest BCUT2D eigenvalue weighted by atomic mass is 31.2. The zero-order valence-corrected chi connectivity index (χ0v) is 28.7. The molecular formula is C47H33N2OP. The number of aromatic nitrogens is 1. The lowest BCUT2D eigenvalue weighted by atomic mass is 9.95. The van der Waals surface area contributed by atoms with Gasteiger partial charge in [0, 0.05) is 54.7 Å². The summed E-state index contributed by atoms with van der Waals surface area (Å²) in [4.78, 5) is 7.73. The number of hydrogen-bond donors (Lipinski definition) is 0. The fourth-order valence-corrected chi connectivity index (χ4v) is 10.2. The van der Waals surface area contributed by atoms with Gasteiger partial charge in [-0.3, -0.25) is 0 Å². The Morgan fingerprint density at radius 2 is 0.902 bits per heavy atom. The quantitative estimate of drug-likeness (QED) is 0.125. The summed E-state index contributed by atoms with van der Waals surface area (Å²) < 4.78 is 16.0. The SMILES string of the molecule is O=P(c1ccccc1)(c1ccccc1)c1cc2c(-c3ccccc3)nc3cc(N(c4ccccc4)c4ccccc4)ccc3c2c2ccccc12. The molecule has 0 amide bonds. The smallest absolute Gasteiger partial charge is 0.171 e. The van der Waals surface area contributed by atoms with E-state index in [-0.39, 0.29) is 0 Å². The number of para-hydroxylation sites is 2. The van der Waals surface area contributed by atoms with Gasteiger partial charge in [0.2, 0.25) is 0 Å². The van der Waals surface area contributed by atoms with Gasteiger partial charge in [0.05, 0.1) is 11.2 Å². The van der Waals surface area contributed by atoms with E-state index in [1.165, 1.54) is 0 Å². The zero-order valence-electron chi connectivity index (χ0n) is 27.8. The lowest BCUT2D eigenvalue weighted by molar-refractivity contribution is 0.592. The van der Waals surface area contributed by atoms with Gasteiger partial charge < -0.3 is 9.46 Å². The van der Waals surface area contributed by atoms with Gasteiger partial charge in [0.1, 0.15) is 0 Å². The van der Waals surface area contributed by atoms with E-state index in [1.807, 2.05) is 78.9 Å². The first-order valence-corrected chi connectivity index (χ1v) is 18.9. The fraction of sp³-hybridized carbons (Fsp3) is 0. The van der Waals surface area contributed by atoms with Crippen LogP contribution in [0.5, 0.6) is 0 Å². The van der Waals surface area contributed by atoms with Crippen LogP contribution in [0.1, 0.15) is 0 Å². The molecule has 8 aromatic carbocycles. The largest absolute Gasteiger partial charge is 0.310 e. The Morgan fingerprint density at radius 3 is 1.47 bits per heavy atom. The van der Waals surface area contributed by atoms with E-state index < -0.39 is 7.14 Å². The summed E-state index contributed by atoms with van der Waals surface area (Å²) in [6.45, 7) is 0. The summed E-state index contributed by atoms with van der Waals surface area (Å²) in [5, 5.41) is 7.59. The summed E-state index contributed by atoms with van der Waals surface area (Å²) in [6, 6.07) is 68.3. The molecule has 9 rings (SSSR count). The Bertz CT molecular complexity index is 2620. The van der Waals surface area contributed by atoms with E-state index in [1.54, 1.807) is 0 Å². The van der Waals surface area contributed by atoms with Crippen LogP contribution in [0.4, 0.5) is 17.1 Å². The molecule has 0 unspecified atom stereocenters. The number of fused-ring (bicyclic) bond motifs is 5. The number of rotatable bonds is 7. The van der Waals surface area contributed by atoms with Crippen LogP contribution >= 0.6 is 7.14 Å². The van der Waals surface area contributed by atoms with E-state index in [9.17, 15) is 0 Å². The Kier molecular flexibility index (Phi) is 7.76. The van der Waals surface area contributed by atoms with Crippen molar-refractivity contribution in [2.45, 2.75) is 0 Å². The van der Waals surface area contributed by atoms with Crippen molar-refractivity contribution in [3.63, 3.8) is 0 Å². The Morgan fingerprint density at radius 1 is 0.412 bits per heavy atom. The molecule has 0 radical (unpaired) electrons. The van der Waals surface area contributed by atoms with Crippen molar-refractivity contribution < 1.29 is 4.57 Å². The molecule has 3 nitrogen and oxygen atoms in total. The monoisotopic (exact) mass is 672 g/mol. The fourth-order valence-electron chi connectivity index (χ4n) is 7.36. The minimum atomic E-state index is -3.32. The van der Waals surface area contributed by atoms with Gasteiger partial charge >= 0.3 is 0 Å². The summed E-state index contributed by atoms with van der Waals surface area (Å²) in [5.41, 5.74) is 5.92. The van der Waals surface area contributed by atoms with Crippen molar-refractivity contribution in [1.29, 1.82) is 0 Å². The molecule has 0 N–H and O–H groups in total. The van der Waals surface area contributed by atoms with Crippen molar-refractivity contribution in [3.8, 4) is 11.3 Å². The number of nitrogens with zero attached hydrogens (tertiary/aromatic N) is 2. The second-order valence-corrected chi connectivity index (χ2v) is 15.4. The van der Waals surface area contributed by atoms with Crippen LogP contribution in [-0.2, 0) is 4.57 Å². The maximum absolute atomic E-state index is 16.0. The first-order chi connectivity index (χ1) is 25.2. The third kappa shape index (κ3) is 5.31. The van der Waals surface area contributed by atoms with Crippen molar-refractivity contribution in [2.24, 2.45) is 0 Å². The average Bonchev–Trinajstić information content (AvgIpc) is 3.21. The van der Waals surface area contributed by atoms with Crippen LogP contribution in [0.15, 0.2) is 200 Å². The topological polar surface area (TPSA) is 33.2 Å². The van der Waals surface area contributed by atoms with E-state index in [0.29, 0.717) is 0 Å². The number of pyridine rings is 1. The standard InChI is InChI=1S/C47H33N2OP/c50-51(38-24-12-4-13-25-38,39-26-14-5-15-27-39)45-33-43-46(41-29-17-16-28-40(41)45)42-31-30-37(32-44(42)48-47(43)34-18-6-1-7-19-34)49(35-20-8-2-9-21-35)36-22-10-3-11-23-36/h1-33H. The molecule has 9 aromatic rings. The molecule has 0 atom stereocenters. The molecule has 0 fully saturated rings. The third-order valence-electron chi connectivity index (χ3n) is 9.67. The second-order valence-electron chi connectivity index (χ2n) is 12.7. The molecule has 51 heavy (non-hydrogen) atoms. The summed E-state index contributed by atoms with van der Waals surface area (Å²) in [7, 11) is -3.32. The van der Waals surface area contributed by atoms with Gasteiger partial charge in [-0.1, -0.05) is 158 Å². The summed E-state index contributed by atoms with van der Waals surface area (Å²) in [6.07, 6.45) is 0. The van der Waals surface area contributed by atoms with Crippen molar-refractivity contribution in [2.75, 3.05) is 4.90 Å². The van der Waals surface area contributed by atoms with Gasteiger partial charge in [-0.25, -0.2) is 4.98 Å². The summed E-state index contributed by atoms with van der Waals surface area (Å²) >= 11 is 0. The lowest BCUT2D eigenvalue weighted by Crippen LogP contribution is -2.25. The predicted molar refractivity (Wildman–Crippen MR) is 216 cm³/mol. The number of anilines is 3. The van der Waals surface area contributed by atoms with E-state index >= 15 is 4.57 Å². The van der Waals surface area contributed by atoms with Crippen LogP contribution in [-0.4, -0.2) is 4.98 Å². The van der Waals surface area contributed by atoms with Crippen molar-refractivity contribution in [3.05, 3.63) is 200 Å². The van der Waals surface area contributed by atoms with Crippen LogP contribution in [0.2, 0.25) is 0 Å². The van der Waals surface area contributed by atoms with Gasteiger partial charge in [0.25, 0.3) is 0 Å². The van der Waals surface area contributed by atoms with Crippen LogP contribution in [0.3, 0.4) is 0 Å². The molecule has 0 aliphatic carbocycles.